The molecule has 5 heteroatoms. The van der Waals surface area contributed by atoms with Crippen LogP contribution in [0.2, 0.25) is 12.1 Å². The summed E-state index contributed by atoms with van der Waals surface area (Å²) < 4.78 is 0. The van der Waals surface area contributed by atoms with Crippen LogP contribution in [0.5, 0.6) is 0 Å². The van der Waals surface area contributed by atoms with E-state index in [1.54, 1.807) is 0 Å². The number of hydrogen-bond donors (Lipinski definition) is 0. The molecule has 0 atom stereocenters. The summed E-state index contributed by atoms with van der Waals surface area (Å²) in [6.45, 7) is 4.61. The summed E-state index contributed by atoms with van der Waals surface area (Å²) in [5.41, 5.74) is 4.82. The van der Waals surface area contributed by atoms with Gasteiger partial charge in [-0.25, -0.2) is 19.9 Å². The van der Waals surface area contributed by atoms with E-state index in [1.807, 2.05) is 36.9 Å². The van der Waals surface area contributed by atoms with Gasteiger partial charge in [-0.2, -0.15) is 0 Å². The number of allylic oxidation sites excluding steroid dienone is 2. The van der Waals surface area contributed by atoms with Crippen molar-refractivity contribution in [2.24, 2.45) is 0 Å². The highest BCUT2D eigenvalue weighted by atomic mass is 28.3. The topological polar surface area (TPSA) is 51.6 Å². The zero-order chi connectivity index (χ0) is 22.7. The Morgan fingerprint density at radius 2 is 0.879 bits per heavy atom. The molecule has 4 aromatic rings. The molecule has 2 aromatic carbocycles. The van der Waals surface area contributed by atoms with Gasteiger partial charge in [0.25, 0.3) is 0 Å². The average molecular weight is 447 g/mol. The molecule has 0 saturated heterocycles. The SMILES string of the molecule is CC[Si]1(CC)C(c2ncccn2)=C(c2ccccc2)C(c2ccccc2)=C1c1ncccn1. The Morgan fingerprint density at radius 1 is 0.515 bits per heavy atom. The van der Waals surface area contributed by atoms with E-state index in [1.165, 1.54) is 32.7 Å². The Balaban J connectivity index is 1.97. The molecule has 0 radical (unpaired) electrons. The summed E-state index contributed by atoms with van der Waals surface area (Å²) in [5, 5.41) is 2.58. The summed E-state index contributed by atoms with van der Waals surface area (Å²) >= 11 is 0. The van der Waals surface area contributed by atoms with Crippen molar-refractivity contribution in [1.82, 2.24) is 19.9 Å². The van der Waals surface area contributed by atoms with Crippen molar-refractivity contribution < 1.29 is 0 Å². The zero-order valence-electron chi connectivity index (χ0n) is 18.9. The van der Waals surface area contributed by atoms with Gasteiger partial charge in [0.15, 0.2) is 11.6 Å². The van der Waals surface area contributed by atoms with Crippen molar-refractivity contribution >= 4 is 29.6 Å². The van der Waals surface area contributed by atoms with Crippen LogP contribution in [0.1, 0.15) is 36.6 Å². The minimum absolute atomic E-state index is 0.825. The highest BCUT2D eigenvalue weighted by molar-refractivity contribution is 7.14. The Morgan fingerprint density at radius 3 is 1.21 bits per heavy atom. The van der Waals surface area contributed by atoms with E-state index in [2.05, 4.69) is 74.5 Å². The predicted molar refractivity (Wildman–Crippen MR) is 137 cm³/mol. The third-order valence-electron chi connectivity index (χ3n) is 6.62. The van der Waals surface area contributed by atoms with Crippen molar-refractivity contribution in [3.8, 4) is 0 Å². The van der Waals surface area contributed by atoms with E-state index < -0.39 is 8.07 Å². The summed E-state index contributed by atoms with van der Waals surface area (Å²) in [6.07, 6.45) is 7.40. The molecule has 5 rings (SSSR count). The zero-order valence-corrected chi connectivity index (χ0v) is 19.9. The number of aromatic nitrogens is 4. The van der Waals surface area contributed by atoms with E-state index in [0.29, 0.717) is 0 Å². The van der Waals surface area contributed by atoms with Gasteiger partial charge in [-0.15, -0.1) is 0 Å². The van der Waals surface area contributed by atoms with Gasteiger partial charge >= 0.3 is 0 Å². The maximum atomic E-state index is 4.78. The first-order chi connectivity index (χ1) is 16.3. The minimum atomic E-state index is -2.30. The Bertz CT molecular complexity index is 1200. The monoisotopic (exact) mass is 446 g/mol. The van der Waals surface area contributed by atoms with Gasteiger partial charge in [0.05, 0.1) is 0 Å². The number of nitrogens with zero attached hydrogens (tertiary/aromatic N) is 4. The summed E-state index contributed by atoms with van der Waals surface area (Å²) in [7, 11) is -2.30. The molecular formula is C28H26N4Si. The van der Waals surface area contributed by atoms with E-state index in [0.717, 1.165) is 23.7 Å². The molecule has 0 bridgehead atoms. The van der Waals surface area contributed by atoms with Crippen LogP contribution >= 0.6 is 0 Å². The van der Waals surface area contributed by atoms with Gasteiger partial charge in [-0.1, -0.05) is 86.6 Å². The number of rotatable bonds is 6. The lowest BCUT2D eigenvalue weighted by molar-refractivity contribution is 1.11. The molecule has 3 heterocycles. The van der Waals surface area contributed by atoms with E-state index in [-0.39, 0.29) is 0 Å². The highest BCUT2D eigenvalue weighted by Crippen LogP contribution is 2.56. The summed E-state index contributed by atoms with van der Waals surface area (Å²) in [4.78, 5) is 19.1. The second kappa shape index (κ2) is 9.04. The van der Waals surface area contributed by atoms with Gasteiger partial charge in [0.2, 0.25) is 0 Å². The van der Waals surface area contributed by atoms with E-state index >= 15 is 0 Å². The first-order valence-corrected chi connectivity index (χ1v) is 13.9. The summed E-state index contributed by atoms with van der Waals surface area (Å²) in [5.74, 6) is 1.65. The van der Waals surface area contributed by atoms with Crippen LogP contribution in [0.25, 0.3) is 21.5 Å². The second-order valence-corrected chi connectivity index (χ2v) is 12.7. The van der Waals surface area contributed by atoms with Crippen LogP contribution in [0.3, 0.4) is 0 Å². The van der Waals surface area contributed by atoms with Crippen molar-refractivity contribution in [3.63, 3.8) is 0 Å². The number of benzene rings is 2. The molecule has 2 aromatic heterocycles. The van der Waals surface area contributed by atoms with Crippen LogP contribution in [-0.4, -0.2) is 28.0 Å². The van der Waals surface area contributed by atoms with Crippen molar-refractivity contribution in [1.29, 1.82) is 0 Å². The van der Waals surface area contributed by atoms with Crippen LogP contribution in [0.4, 0.5) is 0 Å². The van der Waals surface area contributed by atoms with Gasteiger partial charge in [0.1, 0.15) is 8.07 Å². The van der Waals surface area contributed by atoms with E-state index in [9.17, 15) is 0 Å². The van der Waals surface area contributed by atoms with Crippen molar-refractivity contribution in [3.05, 3.63) is 120 Å². The molecule has 0 aliphatic carbocycles. The van der Waals surface area contributed by atoms with Crippen LogP contribution < -0.4 is 0 Å². The normalized spacial score (nSPS) is 15.2. The largest absolute Gasteiger partial charge is 0.237 e. The first-order valence-electron chi connectivity index (χ1n) is 11.5. The maximum Gasteiger partial charge on any atom is 0.151 e. The highest BCUT2D eigenvalue weighted by Gasteiger charge is 2.50. The quantitative estimate of drug-likeness (QED) is 0.323. The average Bonchev–Trinajstić information content (AvgIpc) is 3.22. The van der Waals surface area contributed by atoms with Gasteiger partial charge in [-0.05, 0) is 44.8 Å². The molecule has 1 aliphatic heterocycles. The molecule has 0 N–H and O–H groups in total. The molecule has 0 unspecified atom stereocenters. The Labute approximate surface area is 195 Å². The van der Waals surface area contributed by atoms with Crippen LogP contribution in [0, 0.1) is 0 Å². The molecule has 4 nitrogen and oxygen atoms in total. The van der Waals surface area contributed by atoms with Gasteiger partial charge in [-0.3, -0.25) is 0 Å². The smallest absolute Gasteiger partial charge is 0.151 e. The number of hydrogen-bond acceptors (Lipinski definition) is 4. The van der Waals surface area contributed by atoms with Gasteiger partial charge in [0, 0.05) is 24.8 Å². The molecular weight excluding hydrogens is 420 g/mol. The first kappa shape index (κ1) is 21.2. The standard InChI is InChI=1S/C28H26N4Si/c1-3-33(4-2)25(27-29-17-11-18-30-27)23(21-13-7-5-8-14-21)24(22-15-9-6-10-16-22)26(33)28-31-19-12-20-32-28/h5-20H,3-4H2,1-2H3. The fourth-order valence-corrected chi connectivity index (χ4v) is 9.88. The summed E-state index contributed by atoms with van der Waals surface area (Å²) in [6, 6.07) is 27.1. The molecule has 162 valence electrons. The fraction of sp³-hybridized carbons (Fsp3) is 0.143. The lowest BCUT2D eigenvalue weighted by Gasteiger charge is -2.30. The Hall–Kier alpha value is -3.70. The van der Waals surface area contributed by atoms with Crippen molar-refractivity contribution in [2.45, 2.75) is 25.9 Å². The molecule has 0 amide bonds. The lowest BCUT2D eigenvalue weighted by Crippen LogP contribution is -2.36. The van der Waals surface area contributed by atoms with Crippen molar-refractivity contribution in [2.75, 3.05) is 0 Å². The Kier molecular flexibility index (Phi) is 5.80. The molecule has 0 spiro atoms. The second-order valence-electron chi connectivity index (χ2n) is 8.17. The third kappa shape index (κ3) is 3.54. The fourth-order valence-electron chi connectivity index (χ4n) is 5.11. The lowest BCUT2D eigenvalue weighted by atomic mass is 9.91. The minimum Gasteiger partial charge on any atom is -0.237 e. The van der Waals surface area contributed by atoms with Crippen LogP contribution in [-0.2, 0) is 0 Å². The third-order valence-corrected chi connectivity index (χ3v) is 11.9. The molecule has 1 aliphatic rings. The predicted octanol–water partition coefficient (Wildman–Crippen LogP) is 6.37. The molecule has 0 fully saturated rings. The van der Waals surface area contributed by atoms with E-state index in [4.69, 9.17) is 19.9 Å². The maximum absolute atomic E-state index is 4.78. The molecule has 33 heavy (non-hydrogen) atoms. The van der Waals surface area contributed by atoms with Gasteiger partial charge < -0.3 is 0 Å². The molecule has 0 saturated carbocycles. The van der Waals surface area contributed by atoms with Crippen LogP contribution in [0.15, 0.2) is 97.6 Å².